The number of ether oxygens (including phenoxy) is 1. The Balaban J connectivity index is 1.09. The van der Waals surface area contributed by atoms with Gasteiger partial charge < -0.3 is 10.1 Å². The number of hydroxylamine groups is 3. The fourth-order valence-corrected chi connectivity index (χ4v) is 7.93. The van der Waals surface area contributed by atoms with Crippen LogP contribution in [0.2, 0.25) is 0 Å². The molecular weight excluding hydrogens is 542 g/mol. The molecule has 1 aromatic carbocycles. The van der Waals surface area contributed by atoms with Crippen LogP contribution in [0.25, 0.3) is 0 Å². The maximum absolute atomic E-state index is 14.6. The Kier molecular flexibility index (Phi) is 9.77. The van der Waals surface area contributed by atoms with Crippen molar-refractivity contribution in [2.24, 2.45) is 5.92 Å². The van der Waals surface area contributed by atoms with Gasteiger partial charge in [-0.25, -0.2) is 8.78 Å². The number of nitrogens with one attached hydrogen (secondary N) is 3. The predicted octanol–water partition coefficient (Wildman–Crippen LogP) is 5.94. The van der Waals surface area contributed by atoms with Crippen molar-refractivity contribution in [1.29, 1.82) is 0 Å². The minimum absolute atomic E-state index is 0.102. The molecule has 6 rings (SSSR count). The molecule has 4 unspecified atom stereocenters. The molecule has 3 aliphatic carbocycles. The topological polar surface area (TPSA) is 84.1 Å². The van der Waals surface area contributed by atoms with Crippen molar-refractivity contribution in [3.8, 4) is 0 Å². The highest BCUT2D eigenvalue weighted by Crippen LogP contribution is 2.41. The lowest BCUT2D eigenvalue weighted by molar-refractivity contribution is -0.234. The number of amides is 1. The molecule has 2 aliphatic heterocycles. The molecule has 0 radical (unpaired) electrons. The second kappa shape index (κ2) is 13.5. The van der Waals surface area contributed by atoms with Gasteiger partial charge in [-0.3, -0.25) is 19.8 Å². The van der Waals surface area contributed by atoms with E-state index in [2.05, 4.69) is 22.2 Å². The summed E-state index contributed by atoms with van der Waals surface area (Å²) in [4.78, 5) is 25.2. The summed E-state index contributed by atoms with van der Waals surface area (Å²) in [5.41, 5.74) is 4.31. The van der Waals surface area contributed by atoms with Crippen molar-refractivity contribution < 1.29 is 28.0 Å². The maximum atomic E-state index is 14.6. The first-order valence-corrected chi connectivity index (χ1v) is 16.4. The second-order valence-corrected chi connectivity index (χ2v) is 13.0. The molecule has 10 heteroatoms. The van der Waals surface area contributed by atoms with Crippen LogP contribution in [-0.2, 0) is 25.6 Å². The molecule has 1 amide bonds. The summed E-state index contributed by atoms with van der Waals surface area (Å²) in [6, 6.07) is 6.25. The first kappa shape index (κ1) is 30.3. The first-order valence-electron chi connectivity index (χ1n) is 16.4. The Morgan fingerprint density at radius 3 is 2.43 bits per heavy atom. The normalized spacial score (nSPS) is 33.8. The number of nitrogens with zero attached hydrogens (tertiary/aromatic N) is 1. The van der Waals surface area contributed by atoms with Gasteiger partial charge in [-0.2, -0.15) is 10.5 Å². The number of aryl methyl sites for hydroxylation is 1. The van der Waals surface area contributed by atoms with Crippen molar-refractivity contribution >= 4 is 5.91 Å². The van der Waals surface area contributed by atoms with Crippen LogP contribution in [0.1, 0.15) is 125 Å². The fraction of sp³-hybridized carbons (Fsp3) is 0.781. The molecule has 2 saturated heterocycles. The lowest BCUT2D eigenvalue weighted by atomic mass is 9.86. The summed E-state index contributed by atoms with van der Waals surface area (Å²) in [6.07, 6.45) is 11.9. The number of hydrogen-bond acceptors (Lipinski definition) is 7. The third kappa shape index (κ3) is 6.26. The van der Waals surface area contributed by atoms with Gasteiger partial charge in [-0.1, -0.05) is 76.0 Å². The van der Waals surface area contributed by atoms with Gasteiger partial charge in [0.1, 0.15) is 12.4 Å². The predicted molar refractivity (Wildman–Crippen MR) is 154 cm³/mol. The summed E-state index contributed by atoms with van der Waals surface area (Å²) < 4.78 is 34.9. The Morgan fingerprint density at radius 1 is 1.02 bits per heavy atom. The van der Waals surface area contributed by atoms with E-state index in [0.717, 1.165) is 80.9 Å². The van der Waals surface area contributed by atoms with Crippen molar-refractivity contribution in [1.82, 2.24) is 21.2 Å². The summed E-state index contributed by atoms with van der Waals surface area (Å²) in [7, 11) is 1.68. The van der Waals surface area contributed by atoms with Crippen LogP contribution in [0.15, 0.2) is 18.2 Å². The number of carbonyl (C=O) groups excluding carboxylic acids is 1. The van der Waals surface area contributed by atoms with Gasteiger partial charge >= 0.3 is 0 Å². The summed E-state index contributed by atoms with van der Waals surface area (Å²) in [5.74, 6) is -0.354. The van der Waals surface area contributed by atoms with E-state index in [0.29, 0.717) is 12.5 Å². The summed E-state index contributed by atoms with van der Waals surface area (Å²) >= 11 is 0. The summed E-state index contributed by atoms with van der Waals surface area (Å²) in [5, 5.41) is 8.33. The Bertz CT molecular complexity index is 1060. The number of benzene rings is 1. The Labute approximate surface area is 248 Å². The van der Waals surface area contributed by atoms with Gasteiger partial charge in [-0.15, -0.1) is 0 Å². The monoisotopic (exact) mass is 590 g/mol. The molecule has 3 N–H and O–H groups in total. The van der Waals surface area contributed by atoms with Crippen LogP contribution < -0.4 is 16.1 Å². The van der Waals surface area contributed by atoms with Crippen LogP contribution in [0, 0.1) is 5.92 Å². The highest BCUT2D eigenvalue weighted by molar-refractivity contribution is 5.81. The number of halogens is 2. The number of rotatable bonds is 7. The molecule has 42 heavy (non-hydrogen) atoms. The molecule has 0 spiro atoms. The molecule has 2 saturated carbocycles. The minimum atomic E-state index is -2.64. The maximum Gasteiger partial charge on any atom is 0.282 e. The molecule has 1 aromatic rings. The van der Waals surface area contributed by atoms with Crippen molar-refractivity contribution in [2.45, 2.75) is 145 Å². The lowest BCUT2D eigenvalue weighted by Crippen LogP contribution is -2.54. The molecule has 0 aromatic heterocycles. The molecule has 5 atom stereocenters. The second-order valence-electron chi connectivity index (χ2n) is 13.0. The fourth-order valence-electron chi connectivity index (χ4n) is 7.93. The minimum Gasteiger partial charge on any atom is -0.364 e. The molecule has 4 fully saturated rings. The average Bonchev–Trinajstić information content (AvgIpc) is 3.76. The van der Waals surface area contributed by atoms with E-state index >= 15 is 0 Å². The molecule has 5 aliphatic rings. The molecule has 234 valence electrons. The van der Waals surface area contributed by atoms with Crippen molar-refractivity contribution in [3.05, 3.63) is 34.9 Å². The smallest absolute Gasteiger partial charge is 0.282 e. The molecule has 2 heterocycles. The Morgan fingerprint density at radius 2 is 1.71 bits per heavy atom. The van der Waals surface area contributed by atoms with Crippen LogP contribution in [0.3, 0.4) is 0 Å². The largest absolute Gasteiger partial charge is 0.364 e. The molecule has 0 bridgehead atoms. The van der Waals surface area contributed by atoms with Gasteiger partial charge in [0.2, 0.25) is 5.72 Å². The van der Waals surface area contributed by atoms with Crippen LogP contribution >= 0.6 is 0 Å². The average molecular weight is 591 g/mol. The first-order chi connectivity index (χ1) is 20.5. The van der Waals surface area contributed by atoms with Crippen molar-refractivity contribution in [3.63, 3.8) is 0 Å². The van der Waals surface area contributed by atoms with E-state index < -0.39 is 24.4 Å². The van der Waals surface area contributed by atoms with Gasteiger partial charge in [-0.05, 0) is 55.2 Å². The van der Waals surface area contributed by atoms with Crippen molar-refractivity contribution in [2.75, 3.05) is 7.11 Å². The number of carbonyl (C=O) groups is 1. The van der Waals surface area contributed by atoms with Crippen LogP contribution in [0.5, 0.6) is 0 Å². The third-order valence-electron chi connectivity index (χ3n) is 10.3. The van der Waals surface area contributed by atoms with Crippen LogP contribution in [-0.4, -0.2) is 48.6 Å². The number of hydrogen-bond donors (Lipinski definition) is 3. The highest BCUT2D eigenvalue weighted by atomic mass is 19.3. The quantitative estimate of drug-likeness (QED) is 0.363. The van der Waals surface area contributed by atoms with E-state index in [4.69, 9.17) is 14.4 Å². The number of alkyl halides is 2. The van der Waals surface area contributed by atoms with Gasteiger partial charge in [0.25, 0.3) is 12.3 Å². The zero-order valence-corrected chi connectivity index (χ0v) is 24.9. The van der Waals surface area contributed by atoms with Gasteiger partial charge in [0, 0.05) is 25.5 Å². The van der Waals surface area contributed by atoms with E-state index in [-0.39, 0.29) is 24.1 Å². The molecule has 8 nitrogen and oxygen atoms in total. The van der Waals surface area contributed by atoms with E-state index in [9.17, 15) is 13.6 Å². The van der Waals surface area contributed by atoms with E-state index in [1.54, 1.807) is 7.11 Å². The summed E-state index contributed by atoms with van der Waals surface area (Å²) in [6.45, 7) is 0. The van der Waals surface area contributed by atoms with Crippen LogP contribution in [0.4, 0.5) is 8.78 Å². The van der Waals surface area contributed by atoms with Gasteiger partial charge in [0.05, 0.1) is 6.04 Å². The number of methoxy groups -OCH3 is 1. The van der Waals surface area contributed by atoms with E-state index in [1.165, 1.54) is 32.1 Å². The Hall–Kier alpha value is -1.69. The highest BCUT2D eigenvalue weighted by Gasteiger charge is 2.53. The zero-order chi connectivity index (χ0) is 29.1. The van der Waals surface area contributed by atoms with Gasteiger partial charge in [0.15, 0.2) is 6.10 Å². The SMILES string of the molecule is COC1CC(C(=O)N[C@@H]2CCc3cc(C4NOC(C(F)F)(C5CCCCCCCC5)N4)ccc32)ON1C1CCCCC1. The number of fused-ring (bicyclic) bond motifs is 1. The molecular formula is C32H48F2N4O4. The van der Waals surface area contributed by atoms with E-state index in [1.807, 2.05) is 17.2 Å². The standard InChI is InChI=1S/C32H48F2N4O4/c1-40-28-20-27(41-38(28)24-13-9-6-10-14-24)30(39)35-26-18-16-21-19-22(15-17-25(21)26)29-36-32(31(33)34,42-37-29)23-11-7-4-2-3-5-8-12-23/h15,17,19,23-24,26-29,31,36-37H,2-14,16,18,20H2,1H3,(H,35,39)/t26-,27?,28?,29?,32?/m1/s1. The lowest BCUT2D eigenvalue weighted by Gasteiger charge is -2.35. The third-order valence-corrected chi connectivity index (χ3v) is 10.3. The zero-order valence-electron chi connectivity index (χ0n) is 24.9.